The Morgan fingerprint density at radius 2 is 2.15 bits per heavy atom. The molecule has 0 saturated carbocycles. The topological polar surface area (TPSA) is 50.7 Å². The van der Waals surface area contributed by atoms with Crippen molar-refractivity contribution >= 4 is 23.5 Å². The third kappa shape index (κ3) is 4.07. The SMILES string of the molecule is C=CCOc1ccc(/C=N/NC(=O)c2cccs2)cc1. The van der Waals surface area contributed by atoms with Crippen LogP contribution in [-0.4, -0.2) is 18.7 Å². The van der Waals surface area contributed by atoms with E-state index in [9.17, 15) is 4.79 Å². The van der Waals surface area contributed by atoms with Gasteiger partial charge < -0.3 is 4.74 Å². The molecule has 0 bridgehead atoms. The molecule has 20 heavy (non-hydrogen) atoms. The molecule has 1 N–H and O–H groups in total. The van der Waals surface area contributed by atoms with E-state index in [0.717, 1.165) is 11.3 Å². The first-order chi connectivity index (χ1) is 9.79. The molecule has 5 heteroatoms. The lowest BCUT2D eigenvalue weighted by Crippen LogP contribution is -2.16. The zero-order valence-corrected chi connectivity index (χ0v) is 11.6. The van der Waals surface area contributed by atoms with Crippen LogP contribution in [-0.2, 0) is 0 Å². The highest BCUT2D eigenvalue weighted by Crippen LogP contribution is 2.11. The molecule has 0 saturated heterocycles. The maximum Gasteiger partial charge on any atom is 0.281 e. The van der Waals surface area contributed by atoms with E-state index in [1.165, 1.54) is 11.3 Å². The van der Waals surface area contributed by atoms with Gasteiger partial charge in [-0.25, -0.2) is 5.43 Å². The number of rotatable bonds is 6. The number of benzene rings is 1. The number of thiophene rings is 1. The first-order valence-electron chi connectivity index (χ1n) is 6.00. The van der Waals surface area contributed by atoms with Gasteiger partial charge in [-0.2, -0.15) is 5.10 Å². The maximum absolute atomic E-state index is 11.6. The fourth-order valence-electron chi connectivity index (χ4n) is 1.43. The van der Waals surface area contributed by atoms with E-state index in [0.29, 0.717) is 11.5 Å². The van der Waals surface area contributed by atoms with E-state index in [4.69, 9.17) is 4.74 Å². The average molecular weight is 286 g/mol. The molecule has 0 aliphatic carbocycles. The minimum Gasteiger partial charge on any atom is -0.490 e. The largest absolute Gasteiger partial charge is 0.490 e. The summed E-state index contributed by atoms with van der Waals surface area (Å²) in [4.78, 5) is 12.3. The van der Waals surface area contributed by atoms with Gasteiger partial charge in [-0.15, -0.1) is 11.3 Å². The second kappa shape index (κ2) is 7.25. The van der Waals surface area contributed by atoms with Crippen molar-refractivity contribution in [3.8, 4) is 5.75 Å². The van der Waals surface area contributed by atoms with Crippen LogP contribution in [0, 0.1) is 0 Å². The Bertz CT molecular complexity index is 589. The van der Waals surface area contributed by atoms with Gasteiger partial charge in [0.05, 0.1) is 11.1 Å². The second-order valence-corrected chi connectivity index (χ2v) is 4.79. The highest BCUT2D eigenvalue weighted by molar-refractivity contribution is 7.12. The Kier molecular flexibility index (Phi) is 5.08. The van der Waals surface area contributed by atoms with Gasteiger partial charge in [0, 0.05) is 0 Å². The highest BCUT2D eigenvalue weighted by atomic mass is 32.1. The van der Waals surface area contributed by atoms with E-state index in [-0.39, 0.29) is 5.91 Å². The van der Waals surface area contributed by atoms with Gasteiger partial charge in [-0.1, -0.05) is 18.7 Å². The zero-order chi connectivity index (χ0) is 14.2. The lowest BCUT2D eigenvalue weighted by atomic mass is 10.2. The monoisotopic (exact) mass is 286 g/mol. The van der Waals surface area contributed by atoms with Gasteiger partial charge in [0.25, 0.3) is 5.91 Å². The number of carbonyl (C=O) groups is 1. The van der Waals surface area contributed by atoms with Gasteiger partial charge in [-0.3, -0.25) is 4.79 Å². The number of nitrogens with zero attached hydrogens (tertiary/aromatic N) is 1. The van der Waals surface area contributed by atoms with Crippen molar-refractivity contribution in [2.75, 3.05) is 6.61 Å². The molecule has 1 aromatic carbocycles. The van der Waals surface area contributed by atoms with Crippen molar-refractivity contribution in [3.05, 3.63) is 64.9 Å². The van der Waals surface area contributed by atoms with E-state index in [2.05, 4.69) is 17.1 Å². The molecule has 1 amide bonds. The third-order valence-corrected chi connectivity index (χ3v) is 3.24. The molecule has 0 fully saturated rings. The fraction of sp³-hybridized carbons (Fsp3) is 0.0667. The summed E-state index contributed by atoms with van der Waals surface area (Å²) in [7, 11) is 0. The molecule has 1 heterocycles. The van der Waals surface area contributed by atoms with Crippen LogP contribution in [0.2, 0.25) is 0 Å². The summed E-state index contributed by atoms with van der Waals surface area (Å²) < 4.78 is 5.37. The van der Waals surface area contributed by atoms with Crippen LogP contribution in [0.3, 0.4) is 0 Å². The summed E-state index contributed by atoms with van der Waals surface area (Å²) in [5.74, 6) is 0.562. The molecule has 2 aromatic rings. The third-order valence-electron chi connectivity index (χ3n) is 2.37. The van der Waals surface area contributed by atoms with Gasteiger partial charge in [0.15, 0.2) is 0 Å². The molecule has 4 nitrogen and oxygen atoms in total. The number of amides is 1. The number of ether oxygens (including phenoxy) is 1. The maximum atomic E-state index is 11.6. The van der Waals surface area contributed by atoms with Crippen LogP contribution < -0.4 is 10.2 Å². The number of nitrogens with one attached hydrogen (secondary N) is 1. The van der Waals surface area contributed by atoms with Gasteiger partial charge in [-0.05, 0) is 41.3 Å². The average Bonchev–Trinajstić information content (AvgIpc) is 3.00. The van der Waals surface area contributed by atoms with E-state index < -0.39 is 0 Å². The van der Waals surface area contributed by atoms with Gasteiger partial charge in [0.2, 0.25) is 0 Å². The van der Waals surface area contributed by atoms with Gasteiger partial charge in [0.1, 0.15) is 12.4 Å². The zero-order valence-electron chi connectivity index (χ0n) is 10.8. The Labute approximate surface area is 121 Å². The smallest absolute Gasteiger partial charge is 0.281 e. The second-order valence-electron chi connectivity index (χ2n) is 3.85. The molecule has 0 spiro atoms. The summed E-state index contributed by atoms with van der Waals surface area (Å²) in [6.45, 7) is 4.06. The van der Waals surface area contributed by atoms with Crippen LogP contribution in [0.5, 0.6) is 5.75 Å². The molecule has 0 atom stereocenters. The quantitative estimate of drug-likeness (QED) is 0.504. The van der Waals surface area contributed by atoms with Gasteiger partial charge >= 0.3 is 0 Å². The molecule has 0 aliphatic rings. The molecule has 0 aliphatic heterocycles. The molecule has 102 valence electrons. The number of carbonyl (C=O) groups excluding carboxylic acids is 1. The Hall–Kier alpha value is -2.40. The first kappa shape index (κ1) is 14.0. The summed E-state index contributed by atoms with van der Waals surface area (Å²) in [5.41, 5.74) is 3.36. The summed E-state index contributed by atoms with van der Waals surface area (Å²) in [6, 6.07) is 11.0. The fourth-order valence-corrected chi connectivity index (χ4v) is 2.05. The summed E-state index contributed by atoms with van der Waals surface area (Å²) >= 11 is 1.38. The molecular formula is C15H14N2O2S. The summed E-state index contributed by atoms with van der Waals surface area (Å²) in [5, 5.41) is 5.76. The standard InChI is InChI=1S/C15H14N2O2S/c1-2-9-19-13-7-5-12(6-8-13)11-16-17-15(18)14-4-3-10-20-14/h2-8,10-11H,1,9H2,(H,17,18)/b16-11+. The first-order valence-corrected chi connectivity index (χ1v) is 6.88. The van der Waals surface area contributed by atoms with Crippen molar-refractivity contribution in [1.82, 2.24) is 5.43 Å². The van der Waals surface area contributed by atoms with E-state index in [1.54, 1.807) is 18.4 Å². The van der Waals surface area contributed by atoms with Crippen molar-refractivity contribution in [1.29, 1.82) is 0 Å². The Morgan fingerprint density at radius 1 is 1.35 bits per heavy atom. The number of hydrazone groups is 1. The van der Waals surface area contributed by atoms with Crippen LogP contribution in [0.25, 0.3) is 0 Å². The predicted octanol–water partition coefficient (Wildman–Crippen LogP) is 3.08. The Balaban J connectivity index is 1.88. The minimum atomic E-state index is -0.206. The minimum absolute atomic E-state index is 0.206. The van der Waals surface area contributed by atoms with Crippen molar-refractivity contribution in [3.63, 3.8) is 0 Å². The molecule has 1 aromatic heterocycles. The van der Waals surface area contributed by atoms with Crippen LogP contribution in [0.15, 0.2) is 59.5 Å². The van der Waals surface area contributed by atoms with Crippen molar-refractivity contribution < 1.29 is 9.53 Å². The normalized spacial score (nSPS) is 10.4. The predicted molar refractivity (Wildman–Crippen MR) is 81.5 cm³/mol. The highest BCUT2D eigenvalue weighted by Gasteiger charge is 2.03. The molecular weight excluding hydrogens is 272 g/mol. The lowest BCUT2D eigenvalue weighted by Gasteiger charge is -2.02. The lowest BCUT2D eigenvalue weighted by molar-refractivity contribution is 0.0959. The number of hydrogen-bond acceptors (Lipinski definition) is 4. The molecule has 0 unspecified atom stereocenters. The van der Waals surface area contributed by atoms with Crippen LogP contribution in [0.4, 0.5) is 0 Å². The van der Waals surface area contributed by atoms with E-state index in [1.807, 2.05) is 35.7 Å². The molecule has 0 radical (unpaired) electrons. The molecule has 2 rings (SSSR count). The van der Waals surface area contributed by atoms with E-state index >= 15 is 0 Å². The van der Waals surface area contributed by atoms with Crippen molar-refractivity contribution in [2.45, 2.75) is 0 Å². The summed E-state index contributed by atoms with van der Waals surface area (Å²) in [6.07, 6.45) is 3.28. The number of hydrogen-bond donors (Lipinski definition) is 1. The van der Waals surface area contributed by atoms with Crippen LogP contribution >= 0.6 is 11.3 Å². The van der Waals surface area contributed by atoms with Crippen LogP contribution in [0.1, 0.15) is 15.2 Å². The Morgan fingerprint density at radius 3 is 2.80 bits per heavy atom. The van der Waals surface area contributed by atoms with Crippen molar-refractivity contribution in [2.24, 2.45) is 5.10 Å².